The fourth-order valence-corrected chi connectivity index (χ4v) is 3.14. The third-order valence-electron chi connectivity index (χ3n) is 4.99. The maximum atomic E-state index is 14.4. The van der Waals surface area contributed by atoms with Crippen LogP contribution in [-0.2, 0) is 6.67 Å². The molecule has 0 amide bonds. The van der Waals surface area contributed by atoms with Gasteiger partial charge in [0.2, 0.25) is 0 Å². The molecular weight excluding hydrogens is 504 g/mol. The van der Waals surface area contributed by atoms with Gasteiger partial charge in [0.15, 0.2) is 23.2 Å². The van der Waals surface area contributed by atoms with Gasteiger partial charge in [-0.05, 0) is 41.8 Å². The van der Waals surface area contributed by atoms with Crippen LogP contribution in [0, 0.1) is 41.8 Å². The van der Waals surface area contributed by atoms with E-state index in [1.54, 1.807) is 6.07 Å². The molecule has 0 aromatic heterocycles. The maximum absolute atomic E-state index is 14.4. The van der Waals surface area contributed by atoms with E-state index in [0.29, 0.717) is 17.7 Å². The van der Waals surface area contributed by atoms with Gasteiger partial charge in [0.25, 0.3) is 0 Å². The molecule has 0 aliphatic carbocycles. The summed E-state index contributed by atoms with van der Waals surface area (Å²) in [5, 5.41) is 0. The van der Waals surface area contributed by atoms with Gasteiger partial charge in [-0.15, -0.1) is 0 Å². The largest absolute Gasteiger partial charge is 0.294 e. The van der Waals surface area contributed by atoms with Crippen LogP contribution in [-0.4, -0.2) is 0 Å². The minimum atomic E-state index is -1.65. The third-order valence-corrected chi connectivity index (χ3v) is 4.99. The van der Waals surface area contributed by atoms with Crippen molar-refractivity contribution in [2.24, 2.45) is 0 Å². The Hall–Kier alpha value is -3.88. The molecular formula is C28H22F8O. The van der Waals surface area contributed by atoms with Crippen LogP contribution in [0.1, 0.15) is 25.0 Å². The van der Waals surface area contributed by atoms with Crippen molar-refractivity contribution in [3.05, 3.63) is 113 Å². The van der Waals surface area contributed by atoms with E-state index in [2.05, 4.69) is 4.94 Å². The molecule has 0 fully saturated rings. The Labute approximate surface area is 208 Å². The highest BCUT2D eigenvalue weighted by molar-refractivity contribution is 5.71. The first kappa shape index (κ1) is 29.4. The van der Waals surface area contributed by atoms with Gasteiger partial charge in [0.05, 0.1) is 5.56 Å². The molecule has 0 heterocycles. The summed E-state index contributed by atoms with van der Waals surface area (Å²) in [4.78, 5) is 2.98. The van der Waals surface area contributed by atoms with E-state index in [0.717, 1.165) is 23.3 Å². The first-order chi connectivity index (χ1) is 17.6. The number of alkyl halides is 1. The summed E-state index contributed by atoms with van der Waals surface area (Å²) in [7, 11) is 0. The fourth-order valence-electron chi connectivity index (χ4n) is 3.14. The first-order valence-electron chi connectivity index (χ1n) is 11.0. The van der Waals surface area contributed by atoms with Gasteiger partial charge in [0.1, 0.15) is 24.1 Å². The summed E-state index contributed by atoms with van der Waals surface area (Å²) in [5.74, 6) is -7.97. The normalized spacial score (nSPS) is 10.1. The third kappa shape index (κ3) is 7.31. The van der Waals surface area contributed by atoms with Gasteiger partial charge in [0, 0.05) is 22.2 Å². The molecule has 4 aromatic rings. The molecule has 0 N–H and O–H groups in total. The van der Waals surface area contributed by atoms with Gasteiger partial charge in [-0.1, -0.05) is 55.8 Å². The van der Waals surface area contributed by atoms with Gasteiger partial charge in [-0.3, -0.25) is 4.94 Å². The molecule has 196 valence electrons. The SMILES string of the molecule is CC.Cc1ccc(-c2ccc(-c3cc(F)c(CF)c(F)c3)c(F)c2)cc1.FOc1cc(F)c(F)c(F)c1. The van der Waals surface area contributed by atoms with Crippen molar-refractivity contribution >= 4 is 0 Å². The Bertz CT molecular complexity index is 1290. The second-order valence-electron chi connectivity index (χ2n) is 7.39. The van der Waals surface area contributed by atoms with Crippen molar-refractivity contribution in [2.75, 3.05) is 0 Å². The molecule has 0 unspecified atom stereocenters. The molecule has 0 saturated heterocycles. The Balaban J connectivity index is 0.000000311. The molecule has 0 aliphatic rings. The van der Waals surface area contributed by atoms with E-state index in [-0.39, 0.29) is 11.1 Å². The van der Waals surface area contributed by atoms with Crippen LogP contribution in [0.15, 0.2) is 66.7 Å². The van der Waals surface area contributed by atoms with Crippen LogP contribution in [0.25, 0.3) is 22.3 Å². The highest BCUT2D eigenvalue weighted by Crippen LogP contribution is 2.30. The highest BCUT2D eigenvalue weighted by Gasteiger charge is 2.15. The van der Waals surface area contributed by atoms with Gasteiger partial charge < -0.3 is 0 Å². The highest BCUT2D eigenvalue weighted by atomic mass is 19.3. The lowest BCUT2D eigenvalue weighted by Gasteiger charge is -2.09. The number of hydrogen-bond acceptors (Lipinski definition) is 1. The van der Waals surface area contributed by atoms with Gasteiger partial charge in [-0.25, -0.2) is 30.7 Å². The molecule has 37 heavy (non-hydrogen) atoms. The molecule has 4 rings (SSSR count). The zero-order valence-corrected chi connectivity index (χ0v) is 20.0. The summed E-state index contributed by atoms with van der Waals surface area (Å²) in [6.07, 6.45) is 0. The Morgan fingerprint density at radius 2 is 1.08 bits per heavy atom. The predicted octanol–water partition coefficient (Wildman–Crippen LogP) is 9.61. The minimum absolute atomic E-state index is 0.0372. The smallest absolute Gasteiger partial charge is 0.194 e. The average Bonchev–Trinajstić information content (AvgIpc) is 2.88. The van der Waals surface area contributed by atoms with Crippen LogP contribution >= 0.6 is 0 Å². The average molecular weight is 526 g/mol. The van der Waals surface area contributed by atoms with Crippen LogP contribution in [0.2, 0.25) is 0 Å². The van der Waals surface area contributed by atoms with Crippen molar-refractivity contribution in [3.8, 4) is 28.0 Å². The Kier molecular flexibility index (Phi) is 10.7. The molecule has 0 atom stereocenters. The summed E-state index contributed by atoms with van der Waals surface area (Å²) in [6.45, 7) is 4.71. The number of rotatable bonds is 4. The lowest BCUT2D eigenvalue weighted by molar-refractivity contribution is -0.00711. The van der Waals surface area contributed by atoms with Gasteiger partial charge in [-0.2, -0.15) is 0 Å². The molecule has 1 nitrogen and oxygen atoms in total. The van der Waals surface area contributed by atoms with Crippen molar-refractivity contribution < 1.29 is 40.2 Å². The Morgan fingerprint density at radius 3 is 1.54 bits per heavy atom. The standard InChI is InChI=1S/C20H14F4.C6H2F4O.C2H6/c1-12-2-4-13(5-3-12)14-6-7-16(18(22)8-14)15-9-19(23)17(11-21)20(24)10-15;7-4-1-3(11-10)2-5(8)6(4)9;1-2/h2-10H,11H2,1H3;1-2H;1-2H3. The van der Waals surface area contributed by atoms with Crippen molar-refractivity contribution in [2.45, 2.75) is 27.4 Å². The molecule has 0 bridgehead atoms. The number of halogens is 8. The van der Waals surface area contributed by atoms with Crippen LogP contribution in [0.4, 0.5) is 35.3 Å². The lowest BCUT2D eigenvalue weighted by atomic mass is 9.98. The summed E-state index contributed by atoms with van der Waals surface area (Å²) >= 11 is 0. The number of aryl methyl sites for hydroxylation is 1. The second kappa shape index (κ2) is 13.4. The second-order valence-corrected chi connectivity index (χ2v) is 7.39. The zero-order valence-electron chi connectivity index (χ0n) is 20.0. The Morgan fingerprint density at radius 1 is 0.595 bits per heavy atom. The number of hydrogen-bond donors (Lipinski definition) is 0. The van der Waals surface area contributed by atoms with Crippen LogP contribution in [0.3, 0.4) is 0 Å². The maximum Gasteiger partial charge on any atom is 0.194 e. The van der Waals surface area contributed by atoms with E-state index in [9.17, 15) is 35.3 Å². The monoisotopic (exact) mass is 526 g/mol. The van der Waals surface area contributed by atoms with E-state index < -0.39 is 52.9 Å². The zero-order chi connectivity index (χ0) is 27.7. The van der Waals surface area contributed by atoms with Crippen LogP contribution < -0.4 is 4.94 Å². The molecule has 4 aromatic carbocycles. The van der Waals surface area contributed by atoms with Crippen molar-refractivity contribution in [1.29, 1.82) is 0 Å². The summed E-state index contributed by atoms with van der Waals surface area (Å²) in [6, 6.07) is 14.7. The minimum Gasteiger partial charge on any atom is -0.294 e. The fraction of sp³-hybridized carbons (Fsp3) is 0.143. The van der Waals surface area contributed by atoms with E-state index >= 15 is 0 Å². The quantitative estimate of drug-likeness (QED) is 0.190. The summed E-state index contributed by atoms with van der Waals surface area (Å²) in [5.41, 5.74) is 2.06. The molecule has 0 spiro atoms. The predicted molar refractivity (Wildman–Crippen MR) is 126 cm³/mol. The molecule has 0 radical (unpaired) electrons. The lowest BCUT2D eigenvalue weighted by Crippen LogP contribution is -1.95. The molecule has 0 saturated carbocycles. The number of benzene rings is 4. The van der Waals surface area contributed by atoms with E-state index in [4.69, 9.17) is 0 Å². The first-order valence-corrected chi connectivity index (χ1v) is 11.0. The van der Waals surface area contributed by atoms with Crippen LogP contribution in [0.5, 0.6) is 5.75 Å². The topological polar surface area (TPSA) is 9.23 Å². The van der Waals surface area contributed by atoms with E-state index in [1.807, 2.05) is 45.0 Å². The summed E-state index contributed by atoms with van der Waals surface area (Å²) < 4.78 is 102. The van der Waals surface area contributed by atoms with Crippen molar-refractivity contribution in [1.82, 2.24) is 0 Å². The van der Waals surface area contributed by atoms with Crippen molar-refractivity contribution in [3.63, 3.8) is 0 Å². The molecule has 9 heteroatoms. The molecule has 0 aliphatic heterocycles. The van der Waals surface area contributed by atoms with Gasteiger partial charge >= 0.3 is 0 Å². The van der Waals surface area contributed by atoms with E-state index in [1.165, 1.54) is 12.1 Å².